The lowest BCUT2D eigenvalue weighted by molar-refractivity contribution is -0.153. The largest absolute Gasteiger partial charge is 0.462 e. The minimum atomic E-state index is -0.216. The predicted molar refractivity (Wildman–Crippen MR) is 72.2 cm³/mol. The van der Waals surface area contributed by atoms with E-state index in [0.717, 1.165) is 19.3 Å². The van der Waals surface area contributed by atoms with Crippen LogP contribution in [0.3, 0.4) is 0 Å². The average Bonchev–Trinajstić information content (AvgIpc) is 2.38. The molecule has 4 atom stereocenters. The van der Waals surface area contributed by atoms with Crippen LogP contribution in [0, 0.1) is 17.8 Å². The van der Waals surface area contributed by atoms with Gasteiger partial charge in [-0.1, -0.05) is 13.0 Å². The Morgan fingerprint density at radius 2 is 2.17 bits per heavy atom. The van der Waals surface area contributed by atoms with Gasteiger partial charge in [-0.05, 0) is 47.0 Å². The molecule has 0 aromatic heterocycles. The first-order chi connectivity index (χ1) is 8.47. The lowest BCUT2D eigenvalue weighted by Gasteiger charge is -2.39. The molecule has 0 unspecified atom stereocenters. The molecule has 0 radical (unpaired) electrons. The highest BCUT2D eigenvalue weighted by Gasteiger charge is 2.39. The molecule has 0 N–H and O–H groups in total. The molecular formula is C14H19BrO3. The van der Waals surface area contributed by atoms with E-state index in [1.807, 2.05) is 6.08 Å². The van der Waals surface area contributed by atoms with Crippen LogP contribution in [-0.4, -0.2) is 17.9 Å². The molecule has 2 rings (SSSR count). The molecular weight excluding hydrogens is 296 g/mol. The number of hydrogen-bond donors (Lipinski definition) is 0. The molecule has 0 bridgehead atoms. The molecule has 0 aliphatic heterocycles. The third-order valence-corrected chi connectivity index (χ3v) is 4.79. The molecule has 0 spiro atoms. The average molecular weight is 315 g/mol. The molecule has 0 saturated heterocycles. The van der Waals surface area contributed by atoms with Gasteiger partial charge in [-0.15, -0.1) is 0 Å². The summed E-state index contributed by atoms with van der Waals surface area (Å²) in [5, 5.41) is 0. The van der Waals surface area contributed by atoms with Gasteiger partial charge in [0.2, 0.25) is 0 Å². The standard InChI is InChI=1S/C14H19BrO3/c1-8-5-10-7-13(17)12(15)4-3-11(10)14(6-8)18-9(2)16/h4,8,10-11,14H,3,5-7H2,1-2H3/t8-,10+,11-,14+/m1/s1. The van der Waals surface area contributed by atoms with E-state index < -0.39 is 0 Å². The Hall–Kier alpha value is -0.640. The number of esters is 1. The maximum Gasteiger partial charge on any atom is 0.302 e. The maximum atomic E-state index is 11.9. The third-order valence-electron chi connectivity index (χ3n) is 4.02. The highest BCUT2D eigenvalue weighted by molar-refractivity contribution is 9.12. The van der Waals surface area contributed by atoms with Gasteiger partial charge in [0.1, 0.15) is 6.10 Å². The summed E-state index contributed by atoms with van der Waals surface area (Å²) in [4.78, 5) is 23.1. The van der Waals surface area contributed by atoms with Crippen molar-refractivity contribution in [2.75, 3.05) is 0 Å². The molecule has 1 fully saturated rings. The monoisotopic (exact) mass is 314 g/mol. The molecule has 1 saturated carbocycles. The van der Waals surface area contributed by atoms with Gasteiger partial charge in [0.05, 0.1) is 4.48 Å². The Balaban J connectivity index is 2.18. The molecule has 18 heavy (non-hydrogen) atoms. The first-order valence-corrected chi connectivity index (χ1v) is 7.32. The van der Waals surface area contributed by atoms with Crippen molar-refractivity contribution in [3.05, 3.63) is 10.6 Å². The molecule has 0 aromatic carbocycles. The minimum Gasteiger partial charge on any atom is -0.462 e. The lowest BCUT2D eigenvalue weighted by atomic mass is 9.70. The van der Waals surface area contributed by atoms with Gasteiger partial charge >= 0.3 is 5.97 Å². The quantitative estimate of drug-likeness (QED) is 0.698. The Morgan fingerprint density at radius 3 is 2.83 bits per heavy atom. The van der Waals surface area contributed by atoms with Crippen molar-refractivity contribution in [2.45, 2.75) is 45.6 Å². The van der Waals surface area contributed by atoms with Gasteiger partial charge in [0, 0.05) is 19.3 Å². The number of Topliss-reactive ketones (excluding diaryl/α,β-unsaturated/α-hetero) is 1. The summed E-state index contributed by atoms with van der Waals surface area (Å²) in [5.41, 5.74) is 0. The summed E-state index contributed by atoms with van der Waals surface area (Å²) in [6.07, 6.45) is 5.28. The second-order valence-corrected chi connectivity index (χ2v) is 6.42. The third kappa shape index (κ3) is 3.02. The van der Waals surface area contributed by atoms with E-state index in [-0.39, 0.29) is 17.9 Å². The van der Waals surface area contributed by atoms with Crippen LogP contribution >= 0.6 is 15.9 Å². The van der Waals surface area contributed by atoms with E-state index in [9.17, 15) is 9.59 Å². The Labute approximate surface area is 116 Å². The summed E-state index contributed by atoms with van der Waals surface area (Å²) in [5.74, 6) is 1.12. The smallest absolute Gasteiger partial charge is 0.302 e. The second kappa shape index (κ2) is 5.55. The molecule has 0 amide bonds. The summed E-state index contributed by atoms with van der Waals surface area (Å²) in [7, 11) is 0. The van der Waals surface area contributed by atoms with Crippen LogP contribution in [0.1, 0.15) is 39.5 Å². The molecule has 0 aromatic rings. The molecule has 100 valence electrons. The summed E-state index contributed by atoms with van der Waals surface area (Å²) < 4.78 is 6.15. The van der Waals surface area contributed by atoms with E-state index in [1.165, 1.54) is 6.92 Å². The van der Waals surface area contributed by atoms with Crippen molar-refractivity contribution in [1.82, 2.24) is 0 Å². The fourth-order valence-corrected chi connectivity index (χ4v) is 3.63. The SMILES string of the molecule is CC(=O)O[C@H]1C[C@H](C)C[C@H]2CC(=O)C(Br)=CC[C@H]21. The number of ether oxygens (including phenoxy) is 1. The zero-order chi connectivity index (χ0) is 13.3. The number of carbonyl (C=O) groups is 2. The molecule has 3 nitrogen and oxygen atoms in total. The summed E-state index contributed by atoms with van der Waals surface area (Å²) >= 11 is 3.33. The van der Waals surface area contributed by atoms with Gasteiger partial charge in [0.25, 0.3) is 0 Å². The highest BCUT2D eigenvalue weighted by Crippen LogP contribution is 2.42. The first kappa shape index (κ1) is 13.8. The van der Waals surface area contributed by atoms with E-state index in [4.69, 9.17) is 4.74 Å². The first-order valence-electron chi connectivity index (χ1n) is 6.53. The number of fused-ring (bicyclic) bond motifs is 1. The number of hydrogen-bond acceptors (Lipinski definition) is 3. The zero-order valence-corrected chi connectivity index (χ0v) is 12.4. The van der Waals surface area contributed by atoms with Crippen LogP contribution in [-0.2, 0) is 14.3 Å². The van der Waals surface area contributed by atoms with E-state index in [2.05, 4.69) is 22.9 Å². The van der Waals surface area contributed by atoms with Gasteiger partial charge in [-0.25, -0.2) is 0 Å². The van der Waals surface area contributed by atoms with E-state index in [0.29, 0.717) is 28.7 Å². The van der Waals surface area contributed by atoms with Gasteiger partial charge in [0.15, 0.2) is 5.78 Å². The van der Waals surface area contributed by atoms with Crippen molar-refractivity contribution in [1.29, 1.82) is 0 Å². The van der Waals surface area contributed by atoms with Crippen molar-refractivity contribution in [3.63, 3.8) is 0 Å². The fraction of sp³-hybridized carbons (Fsp3) is 0.714. The maximum absolute atomic E-state index is 11.9. The van der Waals surface area contributed by atoms with Crippen LogP contribution < -0.4 is 0 Å². The Kier molecular flexibility index (Phi) is 4.25. The van der Waals surface area contributed by atoms with Crippen molar-refractivity contribution < 1.29 is 14.3 Å². The normalized spacial score (nSPS) is 36.4. The Morgan fingerprint density at radius 1 is 1.44 bits per heavy atom. The molecule has 0 heterocycles. The summed E-state index contributed by atoms with van der Waals surface area (Å²) in [6.45, 7) is 3.63. The van der Waals surface area contributed by atoms with Crippen molar-refractivity contribution in [2.24, 2.45) is 17.8 Å². The van der Waals surface area contributed by atoms with Crippen LogP contribution in [0.2, 0.25) is 0 Å². The summed E-state index contributed by atoms with van der Waals surface area (Å²) in [6, 6.07) is 0. The fourth-order valence-electron chi connectivity index (χ4n) is 3.28. The van der Waals surface area contributed by atoms with Crippen molar-refractivity contribution >= 4 is 27.7 Å². The van der Waals surface area contributed by atoms with Crippen LogP contribution in [0.5, 0.6) is 0 Å². The number of halogens is 1. The van der Waals surface area contributed by atoms with Crippen LogP contribution in [0.15, 0.2) is 10.6 Å². The molecule has 4 heteroatoms. The zero-order valence-electron chi connectivity index (χ0n) is 10.8. The number of rotatable bonds is 1. The second-order valence-electron chi connectivity index (χ2n) is 5.56. The van der Waals surface area contributed by atoms with Gasteiger partial charge < -0.3 is 4.74 Å². The number of ketones is 1. The van der Waals surface area contributed by atoms with Gasteiger partial charge in [-0.3, -0.25) is 9.59 Å². The predicted octanol–water partition coefficient (Wildman–Crippen LogP) is 3.22. The minimum absolute atomic E-state index is 0.0290. The molecule has 2 aliphatic carbocycles. The van der Waals surface area contributed by atoms with E-state index in [1.54, 1.807) is 0 Å². The number of carbonyl (C=O) groups excluding carboxylic acids is 2. The van der Waals surface area contributed by atoms with Crippen LogP contribution in [0.4, 0.5) is 0 Å². The van der Waals surface area contributed by atoms with Gasteiger partial charge in [-0.2, -0.15) is 0 Å². The van der Waals surface area contributed by atoms with E-state index >= 15 is 0 Å². The molecule has 2 aliphatic rings. The van der Waals surface area contributed by atoms with Crippen molar-refractivity contribution in [3.8, 4) is 0 Å². The van der Waals surface area contributed by atoms with Crippen LogP contribution in [0.25, 0.3) is 0 Å². The highest BCUT2D eigenvalue weighted by atomic mass is 79.9. The number of allylic oxidation sites excluding steroid dienone is 2. The lowest BCUT2D eigenvalue weighted by Crippen LogP contribution is -2.38. The Bertz CT molecular complexity index is 389. The topological polar surface area (TPSA) is 43.4 Å².